The molecule has 0 radical (unpaired) electrons. The Hall–Kier alpha value is -0.410. The lowest BCUT2D eigenvalue weighted by Crippen LogP contribution is -2.23. The number of benzene rings is 1. The van der Waals surface area contributed by atoms with Crippen LogP contribution in [-0.4, -0.2) is 12.6 Å². The van der Waals surface area contributed by atoms with Crippen LogP contribution >= 0.6 is 15.9 Å². The van der Waals surface area contributed by atoms with Crippen molar-refractivity contribution in [2.45, 2.75) is 39.2 Å². The number of hydrogen-bond acceptors (Lipinski definition) is 1. The van der Waals surface area contributed by atoms with Gasteiger partial charge in [0.1, 0.15) is 5.82 Å². The molecule has 0 atom stereocenters. The van der Waals surface area contributed by atoms with Crippen LogP contribution in [0.4, 0.5) is 4.39 Å². The number of halogens is 2. The lowest BCUT2D eigenvalue weighted by molar-refractivity contribution is 0.556. The Kier molecular flexibility index (Phi) is 5.99. The first-order chi connectivity index (χ1) is 7.59. The van der Waals surface area contributed by atoms with Gasteiger partial charge in [0.05, 0.1) is 0 Å². The summed E-state index contributed by atoms with van der Waals surface area (Å²) in [6.07, 6.45) is 3.14. The van der Waals surface area contributed by atoms with Crippen LogP contribution < -0.4 is 5.32 Å². The van der Waals surface area contributed by atoms with Gasteiger partial charge in [-0.15, -0.1) is 0 Å². The number of nitrogens with one attached hydrogen (secondary N) is 1. The molecule has 1 aromatic rings. The maximum absolute atomic E-state index is 13.0. The normalized spacial score (nSPS) is 11.1. The molecule has 0 heterocycles. The molecule has 16 heavy (non-hydrogen) atoms. The molecule has 1 nitrogen and oxygen atoms in total. The minimum Gasteiger partial charge on any atom is -0.315 e. The first kappa shape index (κ1) is 13.7. The second-order valence-corrected chi connectivity index (χ2v) is 5.16. The van der Waals surface area contributed by atoms with Gasteiger partial charge < -0.3 is 5.32 Å². The maximum Gasteiger partial charge on any atom is 0.123 e. The summed E-state index contributed by atoms with van der Waals surface area (Å²) in [5.74, 6) is -0.154. The first-order valence-electron chi connectivity index (χ1n) is 5.77. The Labute approximate surface area is 106 Å². The molecule has 0 unspecified atom stereocenters. The zero-order chi connectivity index (χ0) is 12.0. The van der Waals surface area contributed by atoms with Crippen LogP contribution in [0.5, 0.6) is 0 Å². The highest BCUT2D eigenvalue weighted by molar-refractivity contribution is 9.10. The third kappa shape index (κ3) is 5.08. The predicted molar refractivity (Wildman–Crippen MR) is 70.2 cm³/mol. The van der Waals surface area contributed by atoms with Gasteiger partial charge in [0.2, 0.25) is 0 Å². The standard InChI is InChI=1S/C13H19BrFN/c1-10(2)16-8-4-3-5-11-9-12(15)6-7-13(11)14/h6-7,9-10,16H,3-5,8H2,1-2H3. The van der Waals surface area contributed by atoms with Crippen LogP contribution in [0, 0.1) is 5.82 Å². The average molecular weight is 288 g/mol. The van der Waals surface area contributed by atoms with E-state index in [2.05, 4.69) is 35.1 Å². The average Bonchev–Trinajstić information content (AvgIpc) is 2.22. The van der Waals surface area contributed by atoms with E-state index < -0.39 is 0 Å². The molecule has 0 fully saturated rings. The Morgan fingerprint density at radius 1 is 1.31 bits per heavy atom. The van der Waals surface area contributed by atoms with Crippen molar-refractivity contribution in [1.82, 2.24) is 5.32 Å². The highest BCUT2D eigenvalue weighted by Gasteiger charge is 2.01. The van der Waals surface area contributed by atoms with Gasteiger partial charge in [0.25, 0.3) is 0 Å². The summed E-state index contributed by atoms with van der Waals surface area (Å²) < 4.78 is 14.0. The maximum atomic E-state index is 13.0. The van der Waals surface area contributed by atoms with Gasteiger partial charge in [-0.05, 0) is 49.6 Å². The molecule has 1 N–H and O–H groups in total. The molecule has 0 saturated heterocycles. The molecule has 0 bridgehead atoms. The van der Waals surface area contributed by atoms with Crippen molar-refractivity contribution < 1.29 is 4.39 Å². The Balaban J connectivity index is 2.29. The number of aryl methyl sites for hydroxylation is 1. The minimum atomic E-state index is -0.154. The molecule has 3 heteroatoms. The number of unbranched alkanes of at least 4 members (excludes halogenated alkanes) is 1. The zero-order valence-electron chi connectivity index (χ0n) is 9.89. The summed E-state index contributed by atoms with van der Waals surface area (Å²) in [6, 6.07) is 5.41. The van der Waals surface area contributed by atoms with E-state index in [0.29, 0.717) is 6.04 Å². The Morgan fingerprint density at radius 2 is 2.06 bits per heavy atom. The second kappa shape index (κ2) is 7.02. The molecular weight excluding hydrogens is 269 g/mol. The van der Waals surface area contributed by atoms with E-state index in [1.807, 2.05) is 0 Å². The highest BCUT2D eigenvalue weighted by Crippen LogP contribution is 2.19. The first-order valence-corrected chi connectivity index (χ1v) is 6.56. The molecule has 0 saturated carbocycles. The molecule has 0 aromatic heterocycles. The molecule has 0 spiro atoms. The van der Waals surface area contributed by atoms with Crippen molar-refractivity contribution in [2.75, 3.05) is 6.54 Å². The summed E-state index contributed by atoms with van der Waals surface area (Å²) >= 11 is 3.44. The summed E-state index contributed by atoms with van der Waals surface area (Å²) in [4.78, 5) is 0. The van der Waals surface area contributed by atoms with Crippen molar-refractivity contribution in [1.29, 1.82) is 0 Å². The monoisotopic (exact) mass is 287 g/mol. The van der Waals surface area contributed by atoms with E-state index in [1.54, 1.807) is 12.1 Å². The lowest BCUT2D eigenvalue weighted by atomic mass is 10.1. The summed E-state index contributed by atoms with van der Waals surface area (Å²) in [5.41, 5.74) is 1.06. The fourth-order valence-corrected chi connectivity index (χ4v) is 2.01. The molecule has 0 aliphatic rings. The van der Waals surface area contributed by atoms with Crippen LogP contribution in [0.3, 0.4) is 0 Å². The molecule has 0 aliphatic heterocycles. The van der Waals surface area contributed by atoms with E-state index in [9.17, 15) is 4.39 Å². The third-order valence-electron chi connectivity index (χ3n) is 2.43. The number of hydrogen-bond donors (Lipinski definition) is 1. The second-order valence-electron chi connectivity index (χ2n) is 4.30. The predicted octanol–water partition coefficient (Wildman–Crippen LogP) is 3.91. The van der Waals surface area contributed by atoms with Crippen molar-refractivity contribution in [2.24, 2.45) is 0 Å². The summed E-state index contributed by atoms with van der Waals surface area (Å²) in [5, 5.41) is 3.37. The van der Waals surface area contributed by atoms with Gasteiger partial charge in [-0.2, -0.15) is 0 Å². The van der Waals surface area contributed by atoms with Gasteiger partial charge in [-0.3, -0.25) is 0 Å². The SMILES string of the molecule is CC(C)NCCCCc1cc(F)ccc1Br. The largest absolute Gasteiger partial charge is 0.315 e. The molecular formula is C13H19BrFN. The van der Waals surface area contributed by atoms with Crippen molar-refractivity contribution in [3.8, 4) is 0 Å². The molecule has 0 amide bonds. The van der Waals surface area contributed by atoms with Crippen LogP contribution in [0.1, 0.15) is 32.3 Å². The third-order valence-corrected chi connectivity index (χ3v) is 3.21. The lowest BCUT2D eigenvalue weighted by Gasteiger charge is -2.08. The fourth-order valence-electron chi connectivity index (χ4n) is 1.57. The van der Waals surface area contributed by atoms with Gasteiger partial charge >= 0.3 is 0 Å². The minimum absolute atomic E-state index is 0.154. The quantitative estimate of drug-likeness (QED) is 0.783. The van der Waals surface area contributed by atoms with E-state index in [-0.39, 0.29) is 5.82 Å². The highest BCUT2D eigenvalue weighted by atomic mass is 79.9. The number of rotatable bonds is 6. The van der Waals surface area contributed by atoms with Gasteiger partial charge in [0, 0.05) is 10.5 Å². The van der Waals surface area contributed by atoms with Crippen LogP contribution in [0.15, 0.2) is 22.7 Å². The van der Waals surface area contributed by atoms with Gasteiger partial charge in [-0.1, -0.05) is 29.8 Å². The molecule has 0 aliphatic carbocycles. The van der Waals surface area contributed by atoms with Crippen LogP contribution in [0.2, 0.25) is 0 Å². The van der Waals surface area contributed by atoms with E-state index in [0.717, 1.165) is 35.8 Å². The van der Waals surface area contributed by atoms with Crippen molar-refractivity contribution in [3.63, 3.8) is 0 Å². The fraction of sp³-hybridized carbons (Fsp3) is 0.538. The molecule has 1 aromatic carbocycles. The van der Waals surface area contributed by atoms with Gasteiger partial charge in [-0.25, -0.2) is 4.39 Å². The summed E-state index contributed by atoms with van der Waals surface area (Å²) in [7, 11) is 0. The topological polar surface area (TPSA) is 12.0 Å². The Bertz CT molecular complexity index is 326. The van der Waals surface area contributed by atoms with E-state index in [1.165, 1.54) is 6.07 Å². The molecule has 90 valence electrons. The van der Waals surface area contributed by atoms with Crippen molar-refractivity contribution in [3.05, 3.63) is 34.1 Å². The Morgan fingerprint density at radius 3 is 2.75 bits per heavy atom. The van der Waals surface area contributed by atoms with E-state index in [4.69, 9.17) is 0 Å². The molecule has 1 rings (SSSR count). The van der Waals surface area contributed by atoms with Crippen molar-refractivity contribution >= 4 is 15.9 Å². The zero-order valence-corrected chi connectivity index (χ0v) is 11.5. The smallest absolute Gasteiger partial charge is 0.123 e. The van der Waals surface area contributed by atoms with Crippen LogP contribution in [-0.2, 0) is 6.42 Å². The van der Waals surface area contributed by atoms with E-state index >= 15 is 0 Å². The van der Waals surface area contributed by atoms with Gasteiger partial charge in [0.15, 0.2) is 0 Å². The summed E-state index contributed by atoms with van der Waals surface area (Å²) in [6.45, 7) is 5.32. The van der Waals surface area contributed by atoms with Crippen LogP contribution in [0.25, 0.3) is 0 Å².